The third-order valence-corrected chi connectivity index (χ3v) is 5.99. The van der Waals surface area contributed by atoms with Crippen LogP contribution in [-0.2, 0) is 11.3 Å². The van der Waals surface area contributed by atoms with Gasteiger partial charge in [-0.15, -0.1) is 0 Å². The number of hydrogen-bond donors (Lipinski definition) is 1. The summed E-state index contributed by atoms with van der Waals surface area (Å²) in [4.78, 5) is 27.7. The van der Waals surface area contributed by atoms with Gasteiger partial charge in [0, 0.05) is 41.7 Å². The fourth-order valence-electron chi connectivity index (χ4n) is 3.63. The van der Waals surface area contributed by atoms with E-state index in [-0.39, 0.29) is 12.1 Å². The van der Waals surface area contributed by atoms with Gasteiger partial charge in [-0.05, 0) is 44.9 Å². The summed E-state index contributed by atoms with van der Waals surface area (Å²) >= 11 is 2.22. The van der Waals surface area contributed by atoms with Gasteiger partial charge in [0.2, 0.25) is 0 Å². The second kappa shape index (κ2) is 9.08. The molecule has 1 unspecified atom stereocenters. The van der Waals surface area contributed by atoms with E-state index >= 15 is 0 Å². The Labute approximate surface area is 200 Å². The number of fused-ring (bicyclic) bond motifs is 1. The van der Waals surface area contributed by atoms with E-state index in [1.165, 1.54) is 0 Å². The second-order valence-electron chi connectivity index (χ2n) is 8.77. The molecule has 0 saturated carbocycles. The van der Waals surface area contributed by atoms with E-state index in [2.05, 4.69) is 42.4 Å². The maximum Gasteiger partial charge on any atom is 0.410 e. The van der Waals surface area contributed by atoms with E-state index in [1.807, 2.05) is 45.0 Å². The van der Waals surface area contributed by atoms with Crippen molar-refractivity contribution in [2.24, 2.45) is 0 Å². The number of rotatable bonds is 5. The number of anilines is 1. The second-order valence-corrected chi connectivity index (χ2v) is 9.73. The molecule has 170 valence electrons. The van der Waals surface area contributed by atoms with E-state index in [0.29, 0.717) is 25.5 Å². The van der Waals surface area contributed by atoms with Gasteiger partial charge in [-0.3, -0.25) is 4.57 Å². The van der Waals surface area contributed by atoms with Crippen molar-refractivity contribution in [2.45, 2.75) is 45.4 Å². The molecule has 1 aromatic carbocycles. The lowest BCUT2D eigenvalue weighted by atomic mass is 10.2. The summed E-state index contributed by atoms with van der Waals surface area (Å²) in [5.41, 5.74) is 2.11. The number of nitrogens with zero attached hydrogens (tertiary/aromatic N) is 5. The minimum absolute atomic E-state index is 0.0741. The van der Waals surface area contributed by atoms with Crippen molar-refractivity contribution in [3.63, 3.8) is 0 Å². The van der Waals surface area contributed by atoms with Crippen LogP contribution in [-0.4, -0.2) is 62.4 Å². The maximum atomic E-state index is 12.4. The topological polar surface area (TPSA) is 94.4 Å². The number of nitrogens with one attached hydrogen (secondary N) is 1. The molecule has 1 amide bonds. The van der Waals surface area contributed by atoms with Crippen LogP contribution in [0.5, 0.6) is 5.75 Å². The zero-order valence-electron chi connectivity index (χ0n) is 18.6. The molecule has 32 heavy (non-hydrogen) atoms. The van der Waals surface area contributed by atoms with Crippen LogP contribution in [0.1, 0.15) is 32.8 Å². The number of amides is 1. The molecule has 9 nitrogen and oxygen atoms in total. The van der Waals surface area contributed by atoms with Crippen LogP contribution in [0.25, 0.3) is 11.2 Å². The maximum absolute atomic E-state index is 12.4. The van der Waals surface area contributed by atoms with Gasteiger partial charge in [0.1, 0.15) is 17.7 Å². The third kappa shape index (κ3) is 5.05. The molecule has 1 aliphatic rings. The Balaban J connectivity index is 1.50. The molecule has 0 spiro atoms. The molecular weight excluding hydrogens is 523 g/mol. The van der Waals surface area contributed by atoms with Gasteiger partial charge >= 0.3 is 6.09 Å². The number of aromatic nitrogens is 4. The highest BCUT2D eigenvalue weighted by Gasteiger charge is 2.30. The first-order chi connectivity index (χ1) is 15.2. The molecule has 3 aromatic rings. The SMILES string of the molecule is COc1ccc(Cn2c(I)nc3c(NC4CCN(C(=O)OC(C)(C)C)C4)ncnc32)cc1. The number of carbonyl (C=O) groups excluding carboxylic acids is 1. The molecule has 0 aliphatic carbocycles. The molecule has 0 bridgehead atoms. The molecule has 2 aromatic heterocycles. The summed E-state index contributed by atoms with van der Waals surface area (Å²) in [6, 6.07) is 8.03. The predicted molar refractivity (Wildman–Crippen MR) is 130 cm³/mol. The third-order valence-electron chi connectivity index (χ3n) is 5.17. The Hall–Kier alpha value is -2.63. The summed E-state index contributed by atoms with van der Waals surface area (Å²) in [5.74, 6) is 1.50. The Bertz CT molecular complexity index is 1110. The summed E-state index contributed by atoms with van der Waals surface area (Å²) in [6.07, 6.45) is 2.08. The number of methoxy groups -OCH3 is 1. The largest absolute Gasteiger partial charge is 0.497 e. The smallest absolute Gasteiger partial charge is 0.410 e. The van der Waals surface area contributed by atoms with Crippen molar-refractivity contribution in [1.82, 2.24) is 24.4 Å². The molecule has 1 N–H and O–H groups in total. The fourth-order valence-corrected chi connectivity index (χ4v) is 4.27. The zero-order chi connectivity index (χ0) is 22.9. The average Bonchev–Trinajstić information content (AvgIpc) is 3.33. The van der Waals surface area contributed by atoms with Crippen molar-refractivity contribution in [1.29, 1.82) is 0 Å². The van der Waals surface area contributed by atoms with Gasteiger partial charge in [0.25, 0.3) is 0 Å². The Kier molecular flexibility index (Phi) is 6.40. The van der Waals surface area contributed by atoms with Crippen LogP contribution in [0.4, 0.5) is 10.6 Å². The predicted octanol–water partition coefficient (Wildman–Crippen LogP) is 3.91. The first kappa shape index (κ1) is 22.6. The molecule has 1 fully saturated rings. The van der Waals surface area contributed by atoms with E-state index < -0.39 is 5.60 Å². The van der Waals surface area contributed by atoms with Crippen LogP contribution in [0.3, 0.4) is 0 Å². The van der Waals surface area contributed by atoms with Crippen molar-refractivity contribution in [3.05, 3.63) is 40.0 Å². The average molecular weight is 550 g/mol. The number of halogens is 1. The number of hydrogen-bond acceptors (Lipinski definition) is 7. The number of carbonyl (C=O) groups is 1. The van der Waals surface area contributed by atoms with Crippen LogP contribution >= 0.6 is 22.6 Å². The Morgan fingerprint density at radius 3 is 2.69 bits per heavy atom. The first-order valence-electron chi connectivity index (χ1n) is 10.5. The van der Waals surface area contributed by atoms with Gasteiger partial charge in [0.05, 0.1) is 13.7 Å². The minimum Gasteiger partial charge on any atom is -0.497 e. The van der Waals surface area contributed by atoms with Crippen molar-refractivity contribution < 1.29 is 14.3 Å². The lowest BCUT2D eigenvalue weighted by Gasteiger charge is -2.24. The quantitative estimate of drug-likeness (QED) is 0.381. The van der Waals surface area contributed by atoms with Crippen molar-refractivity contribution in [3.8, 4) is 5.75 Å². The van der Waals surface area contributed by atoms with E-state index in [0.717, 1.165) is 32.7 Å². The lowest BCUT2D eigenvalue weighted by molar-refractivity contribution is 0.0293. The number of ether oxygens (including phenoxy) is 2. The van der Waals surface area contributed by atoms with Crippen LogP contribution in [0, 0.1) is 3.83 Å². The van der Waals surface area contributed by atoms with Gasteiger partial charge in [-0.2, -0.15) is 0 Å². The van der Waals surface area contributed by atoms with Gasteiger partial charge in [0.15, 0.2) is 20.8 Å². The zero-order valence-corrected chi connectivity index (χ0v) is 20.8. The number of imidazole rings is 1. The summed E-state index contributed by atoms with van der Waals surface area (Å²) in [5, 5.41) is 3.45. The van der Waals surface area contributed by atoms with Crippen molar-refractivity contribution >= 4 is 45.7 Å². The number of likely N-dealkylation sites (tertiary alicyclic amines) is 1. The molecule has 1 saturated heterocycles. The molecule has 10 heteroatoms. The van der Waals surface area contributed by atoms with Crippen LogP contribution in [0.15, 0.2) is 30.6 Å². The van der Waals surface area contributed by atoms with E-state index in [1.54, 1.807) is 18.3 Å². The van der Waals surface area contributed by atoms with E-state index in [9.17, 15) is 4.79 Å². The van der Waals surface area contributed by atoms with Crippen molar-refractivity contribution in [2.75, 3.05) is 25.5 Å². The van der Waals surface area contributed by atoms with Gasteiger partial charge in [-0.1, -0.05) is 12.1 Å². The fraction of sp³-hybridized carbons (Fsp3) is 0.455. The Morgan fingerprint density at radius 2 is 2.00 bits per heavy atom. The first-order valence-corrected chi connectivity index (χ1v) is 11.6. The number of benzene rings is 1. The highest BCUT2D eigenvalue weighted by atomic mass is 127. The minimum atomic E-state index is -0.505. The molecule has 3 heterocycles. The van der Waals surface area contributed by atoms with E-state index in [4.69, 9.17) is 14.5 Å². The monoisotopic (exact) mass is 550 g/mol. The van der Waals surface area contributed by atoms with Gasteiger partial charge in [-0.25, -0.2) is 19.7 Å². The summed E-state index contributed by atoms with van der Waals surface area (Å²) in [6.45, 7) is 7.47. The van der Waals surface area contributed by atoms with Gasteiger partial charge < -0.3 is 19.7 Å². The highest BCUT2D eigenvalue weighted by Crippen LogP contribution is 2.25. The summed E-state index contributed by atoms with van der Waals surface area (Å²) < 4.78 is 13.6. The van der Waals surface area contributed by atoms with Crippen LogP contribution < -0.4 is 10.1 Å². The highest BCUT2D eigenvalue weighted by molar-refractivity contribution is 14.1. The molecule has 1 atom stereocenters. The standard InChI is InChI=1S/C22H27IN6O3/c1-22(2,3)32-21(30)28-10-9-15(12-28)26-18-17-19(25-13-24-18)29(20(23)27-17)11-14-5-7-16(31-4)8-6-14/h5-8,13,15H,9-12H2,1-4H3,(H,24,25,26). The molecular formula is C22H27IN6O3. The Morgan fingerprint density at radius 1 is 1.25 bits per heavy atom. The molecule has 4 rings (SSSR count). The lowest BCUT2D eigenvalue weighted by Crippen LogP contribution is -2.36. The molecule has 0 radical (unpaired) electrons. The normalized spacial score (nSPS) is 16.4. The summed E-state index contributed by atoms with van der Waals surface area (Å²) in [7, 11) is 1.66. The van der Waals surface area contributed by atoms with Crippen LogP contribution in [0.2, 0.25) is 0 Å². The molecule has 1 aliphatic heterocycles.